The van der Waals surface area contributed by atoms with Crippen molar-refractivity contribution >= 4 is 21.2 Å². The van der Waals surface area contributed by atoms with E-state index in [1.807, 2.05) is 11.4 Å². The van der Waals surface area contributed by atoms with E-state index in [1.54, 1.807) is 35.6 Å². The smallest absolute Gasteiger partial charge is 0.178 e. The Morgan fingerprint density at radius 2 is 2.05 bits per heavy atom. The molecule has 1 aromatic heterocycles. The average Bonchev–Trinajstić information content (AvgIpc) is 2.96. The molecule has 0 bridgehead atoms. The molecule has 1 aromatic carbocycles. The molecule has 3 nitrogen and oxygen atoms in total. The zero-order chi connectivity index (χ0) is 14.2. The van der Waals surface area contributed by atoms with Crippen molar-refractivity contribution in [3.8, 4) is 0 Å². The molecule has 0 spiro atoms. The zero-order valence-electron chi connectivity index (χ0n) is 11.0. The molecule has 0 saturated carbocycles. The molecule has 2 heterocycles. The zero-order valence-corrected chi connectivity index (χ0v) is 12.6. The van der Waals surface area contributed by atoms with Crippen molar-refractivity contribution in [1.82, 2.24) is 0 Å². The Balaban J connectivity index is 1.94. The van der Waals surface area contributed by atoms with E-state index in [-0.39, 0.29) is 12.2 Å². The Bertz CT molecular complexity index is 704. The molecule has 1 aliphatic rings. The van der Waals surface area contributed by atoms with Crippen molar-refractivity contribution in [3.63, 3.8) is 0 Å². The monoisotopic (exact) mass is 308 g/mol. The number of aryl methyl sites for hydroxylation is 1. The molecular weight excluding hydrogens is 292 g/mol. The number of thiophene rings is 1. The maximum Gasteiger partial charge on any atom is 0.178 e. The topological polar surface area (TPSA) is 54.4 Å². The first-order valence-corrected chi connectivity index (χ1v) is 9.16. The number of hydrogen-bond donors (Lipinski definition) is 1. The molecule has 0 saturated heterocycles. The van der Waals surface area contributed by atoms with Crippen LogP contribution in [0.4, 0.5) is 0 Å². The van der Waals surface area contributed by atoms with Gasteiger partial charge in [0.05, 0.1) is 16.2 Å². The van der Waals surface area contributed by atoms with Gasteiger partial charge in [0.15, 0.2) is 9.84 Å². The van der Waals surface area contributed by atoms with E-state index in [0.717, 1.165) is 6.42 Å². The van der Waals surface area contributed by atoms with Gasteiger partial charge in [0.25, 0.3) is 0 Å². The Labute approximate surface area is 122 Å². The van der Waals surface area contributed by atoms with Gasteiger partial charge < -0.3 is 5.11 Å². The van der Waals surface area contributed by atoms with Crippen molar-refractivity contribution in [1.29, 1.82) is 0 Å². The minimum atomic E-state index is -3.24. The fourth-order valence-corrected chi connectivity index (χ4v) is 5.12. The molecule has 1 aliphatic heterocycles. The van der Waals surface area contributed by atoms with E-state index < -0.39 is 15.4 Å². The normalized spacial score (nSPS) is 24.2. The fourth-order valence-electron chi connectivity index (χ4n) is 2.72. The van der Waals surface area contributed by atoms with Crippen molar-refractivity contribution in [3.05, 3.63) is 52.2 Å². The van der Waals surface area contributed by atoms with Gasteiger partial charge in [-0.05, 0) is 47.7 Å². The molecule has 0 radical (unpaired) electrons. The summed E-state index contributed by atoms with van der Waals surface area (Å²) in [6.07, 6.45) is 1.58. The number of aliphatic hydroxyl groups is 1. The Morgan fingerprint density at radius 1 is 1.25 bits per heavy atom. The summed E-state index contributed by atoms with van der Waals surface area (Å²) in [5, 5.41) is 15.0. The van der Waals surface area contributed by atoms with Gasteiger partial charge in [0.2, 0.25) is 0 Å². The molecule has 2 aromatic rings. The lowest BCUT2D eigenvalue weighted by molar-refractivity contribution is 0.0193. The van der Waals surface area contributed by atoms with E-state index in [0.29, 0.717) is 16.9 Å². The SMILES string of the molecule is O=S1(=O)CCC(O)(CCc2ccsc2)c2ccccc21. The summed E-state index contributed by atoms with van der Waals surface area (Å²) in [6, 6.07) is 8.87. The van der Waals surface area contributed by atoms with Gasteiger partial charge in [-0.1, -0.05) is 18.2 Å². The lowest BCUT2D eigenvalue weighted by Crippen LogP contribution is -2.35. The molecule has 3 rings (SSSR count). The number of fused-ring (bicyclic) bond motifs is 1. The quantitative estimate of drug-likeness (QED) is 0.948. The van der Waals surface area contributed by atoms with Crippen LogP contribution in [-0.2, 0) is 21.9 Å². The van der Waals surface area contributed by atoms with Gasteiger partial charge in [-0.2, -0.15) is 11.3 Å². The first kappa shape index (κ1) is 13.8. The second-order valence-corrected chi connectivity index (χ2v) is 8.09. The van der Waals surface area contributed by atoms with E-state index in [9.17, 15) is 13.5 Å². The maximum absolute atomic E-state index is 12.1. The largest absolute Gasteiger partial charge is 0.385 e. The third-order valence-electron chi connectivity index (χ3n) is 3.92. The van der Waals surface area contributed by atoms with Crippen molar-refractivity contribution in [2.45, 2.75) is 29.8 Å². The summed E-state index contributed by atoms with van der Waals surface area (Å²) in [6.45, 7) is 0. The number of rotatable bonds is 3. The Hall–Kier alpha value is -1.17. The van der Waals surface area contributed by atoms with Gasteiger partial charge >= 0.3 is 0 Å². The fraction of sp³-hybridized carbons (Fsp3) is 0.333. The third kappa shape index (κ3) is 2.41. The summed E-state index contributed by atoms with van der Waals surface area (Å²) >= 11 is 1.63. The average molecular weight is 308 g/mol. The highest BCUT2D eigenvalue weighted by Gasteiger charge is 2.39. The van der Waals surface area contributed by atoms with Crippen molar-refractivity contribution in [2.75, 3.05) is 5.75 Å². The molecule has 1 atom stereocenters. The van der Waals surface area contributed by atoms with Crippen LogP contribution < -0.4 is 0 Å². The standard InChI is InChI=1S/C15H16O3S2/c16-15(7-5-12-6-9-19-11-12)8-10-20(17,18)14-4-2-1-3-13(14)15/h1-4,6,9,11,16H,5,7-8,10H2. The summed E-state index contributed by atoms with van der Waals surface area (Å²) in [4.78, 5) is 0.291. The highest BCUT2D eigenvalue weighted by atomic mass is 32.2. The van der Waals surface area contributed by atoms with Crippen LogP contribution in [0, 0.1) is 0 Å². The van der Waals surface area contributed by atoms with Crippen molar-refractivity contribution in [2.24, 2.45) is 0 Å². The molecule has 20 heavy (non-hydrogen) atoms. The minimum Gasteiger partial charge on any atom is -0.385 e. The van der Waals surface area contributed by atoms with Crippen LogP contribution in [0.25, 0.3) is 0 Å². The molecular formula is C15H16O3S2. The summed E-state index contributed by atoms with van der Waals surface area (Å²) in [5.74, 6) is 0.0180. The third-order valence-corrected chi connectivity index (χ3v) is 6.41. The lowest BCUT2D eigenvalue weighted by Gasteiger charge is -2.34. The van der Waals surface area contributed by atoms with Gasteiger partial charge in [-0.3, -0.25) is 0 Å². The van der Waals surface area contributed by atoms with Crippen LogP contribution in [0.5, 0.6) is 0 Å². The minimum absolute atomic E-state index is 0.0180. The van der Waals surface area contributed by atoms with Gasteiger partial charge in [-0.15, -0.1) is 0 Å². The van der Waals surface area contributed by atoms with Crippen LogP contribution in [-0.4, -0.2) is 19.3 Å². The predicted molar refractivity (Wildman–Crippen MR) is 79.6 cm³/mol. The van der Waals surface area contributed by atoms with Crippen LogP contribution in [0.1, 0.15) is 24.0 Å². The van der Waals surface area contributed by atoms with Crippen LogP contribution in [0.2, 0.25) is 0 Å². The molecule has 1 unspecified atom stereocenters. The van der Waals surface area contributed by atoms with Crippen LogP contribution in [0.3, 0.4) is 0 Å². The molecule has 106 valence electrons. The molecule has 5 heteroatoms. The summed E-state index contributed by atoms with van der Waals surface area (Å²) < 4.78 is 24.2. The summed E-state index contributed by atoms with van der Waals surface area (Å²) in [5.41, 5.74) is 0.708. The highest BCUT2D eigenvalue weighted by molar-refractivity contribution is 7.91. The number of hydrogen-bond acceptors (Lipinski definition) is 4. The van der Waals surface area contributed by atoms with Gasteiger partial charge in [-0.25, -0.2) is 8.42 Å². The van der Waals surface area contributed by atoms with E-state index in [1.165, 1.54) is 5.56 Å². The maximum atomic E-state index is 12.1. The molecule has 1 N–H and O–H groups in total. The van der Waals surface area contributed by atoms with E-state index >= 15 is 0 Å². The molecule has 0 fully saturated rings. The summed E-state index contributed by atoms with van der Waals surface area (Å²) in [7, 11) is -3.24. The number of benzene rings is 1. The molecule has 0 amide bonds. The van der Waals surface area contributed by atoms with E-state index in [2.05, 4.69) is 5.38 Å². The Kier molecular flexibility index (Phi) is 3.44. The first-order chi connectivity index (χ1) is 9.51. The van der Waals surface area contributed by atoms with Crippen molar-refractivity contribution < 1.29 is 13.5 Å². The lowest BCUT2D eigenvalue weighted by atomic mass is 9.85. The van der Waals surface area contributed by atoms with Gasteiger partial charge in [0.1, 0.15) is 0 Å². The molecule has 0 aliphatic carbocycles. The highest BCUT2D eigenvalue weighted by Crippen LogP contribution is 2.39. The predicted octanol–water partition coefficient (Wildman–Crippen LogP) is 2.75. The van der Waals surface area contributed by atoms with Crippen LogP contribution in [0.15, 0.2) is 46.0 Å². The number of sulfone groups is 1. The second kappa shape index (κ2) is 4.98. The van der Waals surface area contributed by atoms with Crippen LogP contribution >= 0.6 is 11.3 Å². The Morgan fingerprint density at radius 3 is 2.80 bits per heavy atom. The van der Waals surface area contributed by atoms with Gasteiger partial charge in [0, 0.05) is 5.56 Å². The van der Waals surface area contributed by atoms with E-state index in [4.69, 9.17) is 0 Å². The second-order valence-electron chi connectivity index (χ2n) is 5.23. The first-order valence-electron chi connectivity index (χ1n) is 6.57.